The maximum absolute atomic E-state index is 12.8. The summed E-state index contributed by atoms with van der Waals surface area (Å²) in [4.78, 5) is 44.8. The molecule has 0 atom stereocenters. The van der Waals surface area contributed by atoms with E-state index in [1.807, 2.05) is 19.0 Å². The largest absolute Gasteiger partial charge is 0.353 e. The Morgan fingerprint density at radius 3 is 2.81 bits per heavy atom. The van der Waals surface area contributed by atoms with E-state index in [-0.39, 0.29) is 27.5 Å². The van der Waals surface area contributed by atoms with Crippen molar-refractivity contribution in [1.82, 2.24) is 20.2 Å². The monoisotopic (exact) mass is 355 g/mol. The summed E-state index contributed by atoms with van der Waals surface area (Å²) in [5.41, 5.74) is -0.0981. The first-order valence-electron chi connectivity index (χ1n) is 7.90. The number of amides is 1. The predicted octanol–water partition coefficient (Wildman–Crippen LogP) is 1.28. The number of likely N-dealkylation sites (N-methyl/N-ethyl adjacent to an activating group) is 1. The number of hydrogen-bond acceptors (Lipinski definition) is 6. The summed E-state index contributed by atoms with van der Waals surface area (Å²) in [7, 11) is 3.76. The first-order valence-corrected chi connectivity index (χ1v) is 7.90. The summed E-state index contributed by atoms with van der Waals surface area (Å²) in [6.45, 7) is 1.05. The summed E-state index contributed by atoms with van der Waals surface area (Å²) in [6.07, 6.45) is 2.85. The third kappa shape index (κ3) is 3.11. The first-order chi connectivity index (χ1) is 12.4. The number of hydrogen-bond donors (Lipinski definition) is 2. The Bertz CT molecular complexity index is 1070. The molecule has 3 rings (SSSR count). The van der Waals surface area contributed by atoms with Crippen molar-refractivity contribution >= 4 is 33.4 Å². The van der Waals surface area contributed by atoms with Gasteiger partial charge in [-0.15, -0.1) is 0 Å². The van der Waals surface area contributed by atoms with Gasteiger partial charge >= 0.3 is 0 Å². The summed E-state index contributed by atoms with van der Waals surface area (Å²) in [6, 6.07) is 4.12. The number of aromatic amines is 1. The van der Waals surface area contributed by atoms with Crippen LogP contribution in [0.25, 0.3) is 21.8 Å². The zero-order chi connectivity index (χ0) is 18.8. The fourth-order valence-corrected chi connectivity index (χ4v) is 2.73. The van der Waals surface area contributed by atoms with Crippen LogP contribution in [0, 0.1) is 10.1 Å². The van der Waals surface area contributed by atoms with Crippen molar-refractivity contribution in [3.05, 3.63) is 56.5 Å². The van der Waals surface area contributed by atoms with Crippen LogP contribution in [0.3, 0.4) is 0 Å². The number of pyridine rings is 2. The standard InChI is InChI=1S/C17H17N5O4/c1-21(2)8-7-19-17(24)10-3-4-13(22(25)26)14-15(10)20-12-5-6-18-9-11(12)16(14)23/h3-6,9H,7-8H2,1-2H3,(H,19,24)(H,20,23). The minimum Gasteiger partial charge on any atom is -0.353 e. The molecule has 2 aromatic heterocycles. The molecule has 2 N–H and O–H groups in total. The number of nitrogens with one attached hydrogen (secondary N) is 2. The number of carbonyl (C=O) groups excluding carboxylic acids is 1. The SMILES string of the molecule is CN(C)CCNC(=O)c1ccc([N+](=O)[O-])c2c(=O)c3cnccc3[nH]c12. The molecule has 9 nitrogen and oxygen atoms in total. The lowest BCUT2D eigenvalue weighted by molar-refractivity contribution is -0.383. The van der Waals surface area contributed by atoms with E-state index >= 15 is 0 Å². The number of fused-ring (bicyclic) bond motifs is 2. The third-order valence-corrected chi connectivity index (χ3v) is 4.02. The number of nitro groups is 1. The molecular formula is C17H17N5O4. The van der Waals surface area contributed by atoms with Gasteiger partial charge in [0.2, 0.25) is 5.43 Å². The van der Waals surface area contributed by atoms with Gasteiger partial charge < -0.3 is 15.2 Å². The third-order valence-electron chi connectivity index (χ3n) is 4.02. The molecule has 0 saturated carbocycles. The van der Waals surface area contributed by atoms with Crippen LogP contribution in [0.4, 0.5) is 5.69 Å². The van der Waals surface area contributed by atoms with Crippen LogP contribution < -0.4 is 10.7 Å². The minimum atomic E-state index is -0.631. The molecule has 9 heteroatoms. The van der Waals surface area contributed by atoms with Crippen molar-refractivity contribution in [2.24, 2.45) is 0 Å². The van der Waals surface area contributed by atoms with Gasteiger partial charge in [0.15, 0.2) is 0 Å². The smallest absolute Gasteiger partial charge is 0.282 e. The molecule has 2 heterocycles. The molecule has 0 aliphatic carbocycles. The number of aromatic nitrogens is 2. The van der Waals surface area contributed by atoms with Crippen LogP contribution in [-0.4, -0.2) is 52.9 Å². The van der Waals surface area contributed by atoms with Crippen molar-refractivity contribution in [3.63, 3.8) is 0 Å². The molecule has 0 aliphatic heterocycles. The highest BCUT2D eigenvalue weighted by atomic mass is 16.6. The number of rotatable bonds is 5. The van der Waals surface area contributed by atoms with Crippen molar-refractivity contribution in [2.75, 3.05) is 27.2 Å². The number of nitro benzene ring substituents is 1. The quantitative estimate of drug-likeness (QED) is 0.404. The van der Waals surface area contributed by atoms with Gasteiger partial charge in [0.05, 0.1) is 26.9 Å². The first kappa shape index (κ1) is 17.5. The van der Waals surface area contributed by atoms with Crippen molar-refractivity contribution in [1.29, 1.82) is 0 Å². The fourth-order valence-electron chi connectivity index (χ4n) is 2.73. The Kier molecular flexibility index (Phi) is 4.63. The zero-order valence-electron chi connectivity index (χ0n) is 14.3. The van der Waals surface area contributed by atoms with Gasteiger partial charge in [0.1, 0.15) is 5.39 Å². The highest BCUT2D eigenvalue weighted by molar-refractivity contribution is 6.10. The van der Waals surface area contributed by atoms with Crippen LogP contribution in [0.1, 0.15) is 10.4 Å². The summed E-state index contributed by atoms with van der Waals surface area (Å²) in [5, 5.41) is 14.2. The molecule has 1 aromatic carbocycles. The number of benzene rings is 1. The molecule has 0 spiro atoms. The maximum atomic E-state index is 12.8. The maximum Gasteiger partial charge on any atom is 0.282 e. The highest BCUT2D eigenvalue weighted by Crippen LogP contribution is 2.26. The van der Waals surface area contributed by atoms with E-state index in [0.29, 0.717) is 18.6 Å². The lowest BCUT2D eigenvalue weighted by Gasteiger charge is -2.12. The number of nitrogens with zero attached hydrogens (tertiary/aromatic N) is 3. The van der Waals surface area contributed by atoms with Crippen LogP contribution >= 0.6 is 0 Å². The molecule has 0 saturated heterocycles. The Morgan fingerprint density at radius 1 is 1.35 bits per heavy atom. The highest BCUT2D eigenvalue weighted by Gasteiger charge is 2.22. The molecule has 0 fully saturated rings. The summed E-state index contributed by atoms with van der Waals surface area (Å²) in [5.74, 6) is -0.407. The number of non-ortho nitro benzene ring substituents is 1. The van der Waals surface area contributed by atoms with Crippen LogP contribution in [0.5, 0.6) is 0 Å². The van der Waals surface area contributed by atoms with Crippen LogP contribution in [-0.2, 0) is 0 Å². The fraction of sp³-hybridized carbons (Fsp3) is 0.235. The molecule has 0 bridgehead atoms. The molecule has 1 amide bonds. The summed E-state index contributed by atoms with van der Waals surface area (Å²) < 4.78 is 0. The second kappa shape index (κ2) is 6.89. The van der Waals surface area contributed by atoms with Crippen molar-refractivity contribution < 1.29 is 9.72 Å². The Labute approximate surface area is 147 Å². The normalized spacial score (nSPS) is 11.2. The van der Waals surface area contributed by atoms with Crippen LogP contribution in [0.2, 0.25) is 0 Å². The molecule has 0 aliphatic rings. The van der Waals surface area contributed by atoms with E-state index < -0.39 is 16.3 Å². The van der Waals surface area contributed by atoms with Gasteiger partial charge in [0, 0.05) is 31.5 Å². The van der Waals surface area contributed by atoms with Gasteiger partial charge in [-0.25, -0.2) is 0 Å². The molecule has 3 aromatic rings. The molecule has 26 heavy (non-hydrogen) atoms. The average molecular weight is 355 g/mol. The Hall–Kier alpha value is -3.33. The van der Waals surface area contributed by atoms with Gasteiger partial charge in [-0.3, -0.25) is 24.7 Å². The Balaban J connectivity index is 2.22. The van der Waals surface area contributed by atoms with E-state index in [0.717, 1.165) is 0 Å². The topological polar surface area (TPSA) is 121 Å². The van der Waals surface area contributed by atoms with E-state index in [2.05, 4.69) is 15.3 Å². The van der Waals surface area contributed by atoms with E-state index in [1.54, 1.807) is 6.07 Å². The van der Waals surface area contributed by atoms with Crippen molar-refractivity contribution in [3.8, 4) is 0 Å². The molecule has 0 unspecified atom stereocenters. The minimum absolute atomic E-state index is 0.129. The van der Waals surface area contributed by atoms with Gasteiger partial charge in [0.25, 0.3) is 11.6 Å². The van der Waals surface area contributed by atoms with E-state index in [1.165, 1.54) is 24.5 Å². The molecular weight excluding hydrogens is 338 g/mol. The molecule has 0 radical (unpaired) electrons. The van der Waals surface area contributed by atoms with Crippen LogP contribution in [0.15, 0.2) is 35.4 Å². The van der Waals surface area contributed by atoms with Gasteiger partial charge in [-0.05, 0) is 26.2 Å². The number of H-pyrrole nitrogens is 1. The van der Waals surface area contributed by atoms with E-state index in [4.69, 9.17) is 0 Å². The second-order valence-corrected chi connectivity index (χ2v) is 6.07. The molecule has 134 valence electrons. The lowest BCUT2D eigenvalue weighted by Crippen LogP contribution is -2.31. The van der Waals surface area contributed by atoms with Gasteiger partial charge in [-0.2, -0.15) is 0 Å². The average Bonchev–Trinajstić information content (AvgIpc) is 2.60. The zero-order valence-corrected chi connectivity index (χ0v) is 14.3. The number of carbonyl (C=O) groups is 1. The van der Waals surface area contributed by atoms with E-state index in [9.17, 15) is 19.7 Å². The predicted molar refractivity (Wildman–Crippen MR) is 97.4 cm³/mol. The summed E-state index contributed by atoms with van der Waals surface area (Å²) >= 11 is 0. The Morgan fingerprint density at radius 2 is 2.12 bits per heavy atom. The second-order valence-electron chi connectivity index (χ2n) is 6.07. The van der Waals surface area contributed by atoms with Crippen molar-refractivity contribution in [2.45, 2.75) is 0 Å². The van der Waals surface area contributed by atoms with Gasteiger partial charge in [-0.1, -0.05) is 0 Å². The lowest BCUT2D eigenvalue weighted by atomic mass is 10.0.